The zero-order valence-corrected chi connectivity index (χ0v) is 16.9. The molecule has 11 nitrogen and oxygen atoms in total. The van der Waals surface area contributed by atoms with E-state index in [0.717, 1.165) is 0 Å². The number of fused-ring (bicyclic) bond motifs is 1. The van der Waals surface area contributed by atoms with Crippen molar-refractivity contribution in [2.75, 3.05) is 30.0 Å². The third-order valence-electron chi connectivity index (χ3n) is 5.76. The molecule has 12 heteroatoms. The van der Waals surface area contributed by atoms with E-state index in [4.69, 9.17) is 4.74 Å². The molecule has 2 aromatic heterocycles. The zero-order chi connectivity index (χ0) is 22.2. The highest BCUT2D eigenvalue weighted by Crippen LogP contribution is 2.28. The van der Waals surface area contributed by atoms with Crippen LogP contribution in [0.4, 0.5) is 16.0 Å². The quantitative estimate of drug-likeness (QED) is 0.602. The van der Waals surface area contributed by atoms with Gasteiger partial charge in [0.15, 0.2) is 11.2 Å². The van der Waals surface area contributed by atoms with Crippen molar-refractivity contribution in [1.29, 1.82) is 0 Å². The summed E-state index contributed by atoms with van der Waals surface area (Å²) < 4.78 is 21.4. The molecule has 1 aromatic carbocycles. The minimum absolute atomic E-state index is 0.0410. The number of carboxylic acid groups (broad SMARTS) is 1. The molecule has 0 unspecified atom stereocenters. The molecule has 3 aromatic rings. The number of carbonyl (C=O) groups excluding carboxylic acids is 1. The van der Waals surface area contributed by atoms with Crippen molar-refractivity contribution in [2.24, 2.45) is 5.92 Å². The van der Waals surface area contributed by atoms with Gasteiger partial charge in [-0.25, -0.2) is 9.37 Å². The lowest BCUT2D eigenvalue weighted by atomic mass is 10.1. The Hall–Kier alpha value is -3.67. The van der Waals surface area contributed by atoms with Crippen LogP contribution >= 0.6 is 0 Å². The number of aliphatic carboxylic acids is 1. The Balaban J connectivity index is 1.41. The Morgan fingerprint density at radius 2 is 2.19 bits per heavy atom. The van der Waals surface area contributed by atoms with E-state index in [2.05, 4.69) is 25.6 Å². The highest BCUT2D eigenvalue weighted by Gasteiger charge is 2.30. The van der Waals surface area contributed by atoms with Crippen LogP contribution in [0.5, 0.6) is 0 Å². The first-order valence-electron chi connectivity index (χ1n) is 10.3. The molecule has 1 saturated heterocycles. The molecule has 166 valence electrons. The zero-order valence-electron chi connectivity index (χ0n) is 16.9. The van der Waals surface area contributed by atoms with Gasteiger partial charge >= 0.3 is 5.97 Å². The van der Waals surface area contributed by atoms with Crippen LogP contribution in [0.2, 0.25) is 0 Å². The van der Waals surface area contributed by atoms with E-state index in [-0.39, 0.29) is 36.7 Å². The summed E-state index contributed by atoms with van der Waals surface area (Å²) in [5.41, 5.74) is 1.38. The van der Waals surface area contributed by atoms with E-state index in [1.165, 1.54) is 27.9 Å². The van der Waals surface area contributed by atoms with Gasteiger partial charge in [0, 0.05) is 18.7 Å². The first kappa shape index (κ1) is 20.2. The maximum atomic E-state index is 14.9. The largest absolute Gasteiger partial charge is 0.481 e. The van der Waals surface area contributed by atoms with Crippen LogP contribution in [0.3, 0.4) is 0 Å². The van der Waals surface area contributed by atoms with Gasteiger partial charge in [0.1, 0.15) is 12.4 Å². The van der Waals surface area contributed by atoms with Gasteiger partial charge < -0.3 is 20.1 Å². The van der Waals surface area contributed by atoms with E-state index < -0.39 is 11.8 Å². The monoisotopic (exact) mass is 441 g/mol. The number of nitrogens with one attached hydrogen (secondary N) is 1. The molecule has 0 radical (unpaired) electrons. The summed E-state index contributed by atoms with van der Waals surface area (Å²) in [6, 6.07) is 4.39. The molecule has 1 aliphatic carbocycles. The number of hydrogen-bond donors (Lipinski definition) is 2. The van der Waals surface area contributed by atoms with Crippen LogP contribution in [0.1, 0.15) is 19.3 Å². The Kier molecular flexibility index (Phi) is 5.13. The molecular weight excluding hydrogens is 421 g/mol. The van der Waals surface area contributed by atoms with Gasteiger partial charge in [0.05, 0.1) is 30.1 Å². The maximum Gasteiger partial charge on any atom is 0.306 e. The number of nitrogens with zero attached hydrogens (tertiary/aromatic N) is 6. The molecule has 2 atom stereocenters. The predicted octanol–water partition coefficient (Wildman–Crippen LogP) is 1.38. The van der Waals surface area contributed by atoms with Gasteiger partial charge in [-0.3, -0.25) is 9.59 Å². The van der Waals surface area contributed by atoms with Crippen molar-refractivity contribution in [2.45, 2.75) is 25.3 Å². The lowest BCUT2D eigenvalue weighted by Crippen LogP contribution is -2.42. The number of rotatable bonds is 5. The third-order valence-corrected chi connectivity index (χ3v) is 5.76. The molecule has 2 fully saturated rings. The average Bonchev–Trinajstić information content (AvgIpc) is 3.41. The van der Waals surface area contributed by atoms with Crippen LogP contribution in [-0.4, -0.2) is 67.7 Å². The predicted molar refractivity (Wildman–Crippen MR) is 110 cm³/mol. The van der Waals surface area contributed by atoms with Crippen molar-refractivity contribution in [3.8, 4) is 5.69 Å². The van der Waals surface area contributed by atoms with Crippen LogP contribution in [-0.2, 0) is 14.3 Å². The Labute approximate surface area is 181 Å². The number of ether oxygens (including phenoxy) is 1. The van der Waals surface area contributed by atoms with Gasteiger partial charge in [-0.2, -0.15) is 9.67 Å². The number of aromatic nitrogens is 5. The molecule has 0 spiro atoms. The first-order chi connectivity index (χ1) is 15.5. The van der Waals surface area contributed by atoms with E-state index >= 15 is 0 Å². The molecule has 1 aliphatic heterocycles. The SMILES string of the molecule is O=C(O)[C@@H]1CC[C@@H](Nc2ncc3nnn(-c4ccc(N5CCOCC5=O)c(F)c4)c3n2)C1. The van der Waals surface area contributed by atoms with E-state index in [9.17, 15) is 19.1 Å². The van der Waals surface area contributed by atoms with Crippen LogP contribution in [0.15, 0.2) is 24.4 Å². The van der Waals surface area contributed by atoms with Crippen LogP contribution in [0.25, 0.3) is 16.9 Å². The van der Waals surface area contributed by atoms with Crippen molar-refractivity contribution in [1.82, 2.24) is 25.0 Å². The normalized spacial score (nSPS) is 21.3. The standard InChI is InChI=1S/C20H20FN7O4/c21-14-8-13(3-4-16(14)27-5-6-32-10-17(27)29)28-18-15(25-26-28)9-22-20(24-18)23-12-2-1-11(7-12)19(30)31/h3-4,8-9,11-12H,1-2,5-7,10H2,(H,30,31)(H,22,23,24)/t11-,12-/m1/s1. The van der Waals surface area contributed by atoms with Crippen molar-refractivity contribution in [3.63, 3.8) is 0 Å². The number of carboxylic acids is 1. The van der Waals surface area contributed by atoms with Crippen molar-refractivity contribution >= 4 is 34.7 Å². The molecule has 3 heterocycles. The molecule has 32 heavy (non-hydrogen) atoms. The smallest absolute Gasteiger partial charge is 0.306 e. The van der Waals surface area contributed by atoms with Crippen molar-refractivity contribution in [3.05, 3.63) is 30.2 Å². The highest BCUT2D eigenvalue weighted by molar-refractivity contribution is 5.95. The summed E-state index contributed by atoms with van der Waals surface area (Å²) in [7, 11) is 0. The Bertz CT molecular complexity index is 1200. The fourth-order valence-electron chi connectivity index (χ4n) is 4.11. The molecule has 2 aliphatic rings. The summed E-state index contributed by atoms with van der Waals surface area (Å²) in [4.78, 5) is 33.3. The summed E-state index contributed by atoms with van der Waals surface area (Å²) in [6.07, 6.45) is 3.32. The third kappa shape index (κ3) is 3.73. The molecule has 1 amide bonds. The van der Waals surface area contributed by atoms with E-state index in [1.807, 2.05) is 0 Å². The summed E-state index contributed by atoms with van der Waals surface area (Å²) in [5, 5.41) is 20.4. The fraction of sp³-hybridized carbons (Fsp3) is 0.400. The fourth-order valence-corrected chi connectivity index (χ4v) is 4.11. The molecule has 1 saturated carbocycles. The van der Waals surface area contributed by atoms with E-state index in [1.54, 1.807) is 6.07 Å². The number of morpholine rings is 1. The Morgan fingerprint density at radius 1 is 1.31 bits per heavy atom. The number of amides is 1. The van der Waals surface area contributed by atoms with Gasteiger partial charge in [-0.05, 0) is 31.4 Å². The number of carbonyl (C=O) groups is 2. The highest BCUT2D eigenvalue weighted by atomic mass is 19.1. The van der Waals surface area contributed by atoms with Crippen LogP contribution < -0.4 is 10.2 Å². The van der Waals surface area contributed by atoms with Crippen molar-refractivity contribution < 1.29 is 23.8 Å². The van der Waals surface area contributed by atoms with Gasteiger partial charge in [-0.15, -0.1) is 5.10 Å². The minimum Gasteiger partial charge on any atom is -0.481 e. The molecular formula is C20H20FN7O4. The topological polar surface area (TPSA) is 135 Å². The number of hydrogen-bond acceptors (Lipinski definition) is 8. The minimum atomic E-state index is -0.794. The second kappa shape index (κ2) is 8.11. The van der Waals surface area contributed by atoms with Gasteiger partial charge in [-0.1, -0.05) is 5.21 Å². The van der Waals surface area contributed by atoms with E-state index in [0.29, 0.717) is 48.7 Å². The summed E-state index contributed by atoms with van der Waals surface area (Å²) in [5.74, 6) is -1.71. The average molecular weight is 441 g/mol. The first-order valence-corrected chi connectivity index (χ1v) is 10.3. The summed E-state index contributed by atoms with van der Waals surface area (Å²) in [6.45, 7) is 0.560. The Morgan fingerprint density at radius 3 is 2.94 bits per heavy atom. The number of benzene rings is 1. The van der Waals surface area contributed by atoms with Gasteiger partial charge in [0.2, 0.25) is 5.95 Å². The van der Waals surface area contributed by atoms with Crippen LogP contribution in [0, 0.1) is 11.7 Å². The number of anilines is 2. The van der Waals surface area contributed by atoms with Gasteiger partial charge in [0.25, 0.3) is 5.91 Å². The molecule has 5 rings (SSSR count). The lowest BCUT2D eigenvalue weighted by Gasteiger charge is -2.27. The summed E-state index contributed by atoms with van der Waals surface area (Å²) >= 11 is 0. The molecule has 0 bridgehead atoms. The second-order valence-corrected chi connectivity index (χ2v) is 7.83. The lowest BCUT2D eigenvalue weighted by molar-refractivity contribution is -0.141. The number of halogens is 1. The molecule has 2 N–H and O–H groups in total. The second-order valence-electron chi connectivity index (χ2n) is 7.83. The maximum absolute atomic E-state index is 14.9.